The molecule has 1 aromatic carbocycles. The molecule has 0 spiro atoms. The van der Waals surface area contributed by atoms with E-state index in [0.717, 1.165) is 51.0 Å². The van der Waals surface area contributed by atoms with E-state index in [2.05, 4.69) is 28.5 Å². The van der Waals surface area contributed by atoms with Gasteiger partial charge in [-0.1, -0.05) is 25.1 Å². The molecular formula is C20H29N3O2. The monoisotopic (exact) mass is 343 g/mol. The zero-order chi connectivity index (χ0) is 17.6. The molecular weight excluding hydrogens is 314 g/mol. The number of piperidine rings is 1. The molecule has 0 aromatic heterocycles. The summed E-state index contributed by atoms with van der Waals surface area (Å²) in [5, 5.41) is 6.34. The van der Waals surface area contributed by atoms with Gasteiger partial charge in [-0.2, -0.15) is 0 Å². The molecule has 2 aliphatic rings. The molecule has 1 aromatic rings. The minimum atomic E-state index is -0.102. The maximum atomic E-state index is 12.8. The van der Waals surface area contributed by atoms with Crippen molar-refractivity contribution in [3.8, 4) is 0 Å². The van der Waals surface area contributed by atoms with Crippen molar-refractivity contribution in [2.24, 2.45) is 5.92 Å². The van der Waals surface area contributed by atoms with Gasteiger partial charge in [0.05, 0.1) is 0 Å². The van der Waals surface area contributed by atoms with Crippen LogP contribution < -0.4 is 10.6 Å². The second-order valence-corrected chi connectivity index (χ2v) is 7.15. The third-order valence-corrected chi connectivity index (χ3v) is 5.35. The van der Waals surface area contributed by atoms with Crippen LogP contribution in [-0.2, 0) is 16.0 Å². The highest BCUT2D eigenvalue weighted by Crippen LogP contribution is 2.28. The first-order chi connectivity index (χ1) is 12.2. The Balaban J connectivity index is 1.58. The summed E-state index contributed by atoms with van der Waals surface area (Å²) in [6.45, 7) is 4.91. The molecule has 0 aliphatic carbocycles. The summed E-state index contributed by atoms with van der Waals surface area (Å²) in [4.78, 5) is 27.2. The number of carbonyl (C=O) groups excluding carboxylic acids is 2. The Bertz CT molecular complexity index is 611. The minimum Gasteiger partial charge on any atom is -0.340 e. The second-order valence-electron chi connectivity index (χ2n) is 7.15. The fourth-order valence-electron chi connectivity index (χ4n) is 3.96. The molecule has 2 aliphatic heterocycles. The molecule has 0 saturated carbocycles. The molecule has 5 nitrogen and oxygen atoms in total. The zero-order valence-corrected chi connectivity index (χ0v) is 15.1. The summed E-state index contributed by atoms with van der Waals surface area (Å²) in [6, 6.07) is 8.29. The number of nitrogens with one attached hydrogen (secondary N) is 2. The number of carbonyl (C=O) groups is 2. The summed E-state index contributed by atoms with van der Waals surface area (Å²) in [5.41, 5.74) is 2.08. The quantitative estimate of drug-likeness (QED) is 0.834. The van der Waals surface area contributed by atoms with Crippen LogP contribution >= 0.6 is 0 Å². The molecule has 136 valence electrons. The number of fused-ring (bicyclic) bond motifs is 1. The van der Waals surface area contributed by atoms with Crippen molar-refractivity contribution in [2.45, 2.75) is 51.5 Å². The Morgan fingerprint density at radius 3 is 2.76 bits per heavy atom. The molecule has 0 radical (unpaired) electrons. The Morgan fingerprint density at radius 2 is 2.00 bits per heavy atom. The maximum Gasteiger partial charge on any atom is 0.227 e. The third-order valence-electron chi connectivity index (χ3n) is 5.35. The molecule has 1 saturated heterocycles. The Hall–Kier alpha value is -1.88. The van der Waals surface area contributed by atoms with Crippen LogP contribution in [0.4, 0.5) is 5.69 Å². The predicted octanol–water partition coefficient (Wildman–Crippen LogP) is 2.57. The predicted molar refractivity (Wildman–Crippen MR) is 99.4 cm³/mol. The lowest BCUT2D eigenvalue weighted by Crippen LogP contribution is -2.46. The topological polar surface area (TPSA) is 61.4 Å². The molecule has 3 rings (SSSR count). The Kier molecular flexibility index (Phi) is 6.08. The molecule has 0 bridgehead atoms. The number of benzene rings is 1. The number of nitrogens with zero attached hydrogens (tertiary/aromatic N) is 1. The molecule has 1 unspecified atom stereocenters. The first-order valence-electron chi connectivity index (χ1n) is 9.58. The van der Waals surface area contributed by atoms with Crippen LogP contribution in [-0.4, -0.2) is 42.4 Å². The lowest BCUT2D eigenvalue weighted by molar-refractivity contribution is -0.134. The first kappa shape index (κ1) is 17.9. The lowest BCUT2D eigenvalue weighted by Gasteiger charge is -2.35. The van der Waals surface area contributed by atoms with Gasteiger partial charge in [0, 0.05) is 30.6 Å². The van der Waals surface area contributed by atoms with Crippen molar-refractivity contribution >= 4 is 17.5 Å². The largest absolute Gasteiger partial charge is 0.340 e. The summed E-state index contributed by atoms with van der Waals surface area (Å²) >= 11 is 0. The van der Waals surface area contributed by atoms with Gasteiger partial charge in [0.15, 0.2) is 0 Å². The van der Waals surface area contributed by atoms with Gasteiger partial charge in [0.25, 0.3) is 0 Å². The fourth-order valence-corrected chi connectivity index (χ4v) is 3.96. The first-order valence-corrected chi connectivity index (χ1v) is 9.58. The van der Waals surface area contributed by atoms with E-state index in [0.29, 0.717) is 18.9 Å². The van der Waals surface area contributed by atoms with Gasteiger partial charge in [-0.05, 0) is 56.8 Å². The number of hydrogen-bond acceptors (Lipinski definition) is 3. The van der Waals surface area contributed by atoms with Gasteiger partial charge >= 0.3 is 0 Å². The Morgan fingerprint density at radius 1 is 1.24 bits per heavy atom. The van der Waals surface area contributed by atoms with Crippen LogP contribution in [0.5, 0.6) is 0 Å². The van der Waals surface area contributed by atoms with Gasteiger partial charge in [-0.25, -0.2) is 0 Å². The number of anilines is 1. The standard InChI is InChI=1S/C20H29N3O2/c1-2-13-23(17-9-11-21-12-10-17)19(24)8-7-16-14-15-5-3-4-6-18(15)22-20(16)25/h3-6,16-17,21H,2,7-14H2,1H3,(H,22,25). The number of hydrogen-bond donors (Lipinski definition) is 2. The van der Waals surface area contributed by atoms with Gasteiger partial charge < -0.3 is 15.5 Å². The van der Waals surface area contributed by atoms with Crippen molar-refractivity contribution in [1.29, 1.82) is 0 Å². The van der Waals surface area contributed by atoms with E-state index in [-0.39, 0.29) is 17.7 Å². The van der Waals surface area contributed by atoms with Crippen molar-refractivity contribution < 1.29 is 9.59 Å². The number of amides is 2. The molecule has 2 amide bonds. The average molecular weight is 343 g/mol. The van der Waals surface area contributed by atoms with Crippen LogP contribution in [0, 0.1) is 5.92 Å². The van der Waals surface area contributed by atoms with Gasteiger partial charge in [-0.3, -0.25) is 9.59 Å². The van der Waals surface area contributed by atoms with E-state index in [1.54, 1.807) is 0 Å². The van der Waals surface area contributed by atoms with E-state index in [1.807, 2.05) is 18.2 Å². The van der Waals surface area contributed by atoms with Crippen LogP contribution in [0.25, 0.3) is 0 Å². The van der Waals surface area contributed by atoms with Crippen LogP contribution in [0.15, 0.2) is 24.3 Å². The van der Waals surface area contributed by atoms with Gasteiger partial charge in [0.1, 0.15) is 0 Å². The third kappa shape index (κ3) is 4.40. The van der Waals surface area contributed by atoms with E-state index < -0.39 is 0 Å². The van der Waals surface area contributed by atoms with Crippen LogP contribution in [0.2, 0.25) is 0 Å². The van der Waals surface area contributed by atoms with Gasteiger partial charge in [-0.15, -0.1) is 0 Å². The normalized spacial score (nSPS) is 20.7. The van der Waals surface area contributed by atoms with E-state index in [4.69, 9.17) is 0 Å². The molecule has 2 heterocycles. The zero-order valence-electron chi connectivity index (χ0n) is 15.1. The highest BCUT2D eigenvalue weighted by molar-refractivity contribution is 5.96. The van der Waals surface area contributed by atoms with Crippen molar-refractivity contribution in [3.63, 3.8) is 0 Å². The van der Waals surface area contributed by atoms with E-state index >= 15 is 0 Å². The molecule has 2 N–H and O–H groups in total. The highest BCUT2D eigenvalue weighted by atomic mass is 16.2. The van der Waals surface area contributed by atoms with Crippen molar-refractivity contribution in [1.82, 2.24) is 10.2 Å². The van der Waals surface area contributed by atoms with Crippen molar-refractivity contribution in [3.05, 3.63) is 29.8 Å². The SMILES string of the molecule is CCCN(C(=O)CCC1Cc2ccccc2NC1=O)C1CCNCC1. The smallest absolute Gasteiger partial charge is 0.227 e. The van der Waals surface area contributed by atoms with Crippen molar-refractivity contribution in [2.75, 3.05) is 25.0 Å². The molecule has 25 heavy (non-hydrogen) atoms. The Labute approximate surface area is 150 Å². The average Bonchev–Trinajstić information content (AvgIpc) is 2.65. The molecule has 5 heteroatoms. The molecule has 1 atom stereocenters. The minimum absolute atomic E-state index is 0.0513. The van der Waals surface area contributed by atoms with Crippen LogP contribution in [0.3, 0.4) is 0 Å². The number of rotatable bonds is 6. The summed E-state index contributed by atoms with van der Waals surface area (Å²) in [7, 11) is 0. The fraction of sp³-hybridized carbons (Fsp3) is 0.600. The summed E-state index contributed by atoms with van der Waals surface area (Å²) < 4.78 is 0. The second kappa shape index (κ2) is 8.48. The lowest BCUT2D eigenvalue weighted by atomic mass is 9.89. The molecule has 1 fully saturated rings. The highest BCUT2D eigenvalue weighted by Gasteiger charge is 2.29. The number of para-hydroxylation sites is 1. The summed E-state index contributed by atoms with van der Waals surface area (Å²) in [5.74, 6) is 0.158. The van der Waals surface area contributed by atoms with Crippen LogP contribution in [0.1, 0.15) is 44.6 Å². The summed E-state index contributed by atoms with van der Waals surface area (Å²) in [6.07, 6.45) is 4.86. The van der Waals surface area contributed by atoms with Gasteiger partial charge in [0.2, 0.25) is 11.8 Å². The van der Waals surface area contributed by atoms with E-state index in [9.17, 15) is 9.59 Å². The maximum absolute atomic E-state index is 12.8. The van der Waals surface area contributed by atoms with E-state index in [1.165, 1.54) is 5.56 Å².